The number of ether oxygens (including phenoxy) is 2. The molecule has 3 aromatic rings. The van der Waals surface area contributed by atoms with Crippen molar-refractivity contribution in [2.45, 2.75) is 50.7 Å². The fourth-order valence-corrected chi connectivity index (χ4v) is 5.40. The predicted molar refractivity (Wildman–Crippen MR) is 155 cm³/mol. The van der Waals surface area contributed by atoms with Crippen LogP contribution in [0.3, 0.4) is 0 Å². The minimum Gasteiger partial charge on any atom is -0.493 e. The lowest BCUT2D eigenvalue weighted by atomic mass is 10.1. The molecule has 1 amide bonds. The van der Waals surface area contributed by atoms with Gasteiger partial charge < -0.3 is 25.0 Å². The Hall–Kier alpha value is -3.70. The molecule has 2 N–H and O–H groups in total. The summed E-state index contributed by atoms with van der Waals surface area (Å²) in [4.78, 5) is 23.3. The first kappa shape index (κ1) is 27.9. The lowest BCUT2D eigenvalue weighted by Crippen LogP contribution is -2.45. The lowest BCUT2D eigenvalue weighted by molar-refractivity contribution is -0.114. The van der Waals surface area contributed by atoms with Crippen LogP contribution in [-0.4, -0.2) is 62.5 Å². The van der Waals surface area contributed by atoms with Crippen LogP contribution in [-0.2, 0) is 19.4 Å². The quantitative estimate of drug-likeness (QED) is 0.382. The Morgan fingerprint density at radius 3 is 2.45 bits per heavy atom. The molecular weight excluding hydrogens is 530 g/mol. The molecule has 2 atom stereocenters. The van der Waals surface area contributed by atoms with E-state index in [-0.39, 0.29) is 23.0 Å². The average molecular weight is 566 g/mol. The summed E-state index contributed by atoms with van der Waals surface area (Å²) in [6.45, 7) is 7.66. The van der Waals surface area contributed by atoms with E-state index in [2.05, 4.69) is 34.4 Å². The SMILES string of the molecule is CC(=O)Nc1cc(Nc2cc(OCC3CC3)cc(S(C)(=O)=O)c2)c(-c2ccc(N3C[C@@H](C)O[C@@H](C)C3)cn2)cn1. The largest absolute Gasteiger partial charge is 0.493 e. The summed E-state index contributed by atoms with van der Waals surface area (Å²) in [5.41, 5.74) is 3.50. The maximum atomic E-state index is 12.4. The summed E-state index contributed by atoms with van der Waals surface area (Å²) in [5, 5.41) is 6.03. The molecule has 0 unspecified atom stereocenters. The van der Waals surface area contributed by atoms with Crippen LogP contribution in [0, 0.1) is 5.92 Å². The second kappa shape index (κ2) is 11.4. The van der Waals surface area contributed by atoms with Crippen molar-refractivity contribution < 1.29 is 22.7 Å². The first-order valence-corrected chi connectivity index (χ1v) is 15.3. The van der Waals surface area contributed by atoms with Crippen LogP contribution < -0.4 is 20.3 Å². The summed E-state index contributed by atoms with van der Waals surface area (Å²) in [5.74, 6) is 1.10. The van der Waals surface area contributed by atoms with Gasteiger partial charge in [-0.25, -0.2) is 13.4 Å². The highest BCUT2D eigenvalue weighted by Crippen LogP contribution is 2.35. The number of aromatic nitrogens is 2. The molecule has 2 aromatic heterocycles. The number of nitrogens with zero attached hydrogens (tertiary/aromatic N) is 3. The topological polar surface area (TPSA) is 123 Å². The van der Waals surface area contributed by atoms with Crippen molar-refractivity contribution in [2.75, 3.05) is 41.5 Å². The van der Waals surface area contributed by atoms with Gasteiger partial charge in [0.25, 0.3) is 0 Å². The number of rotatable bonds is 9. The van der Waals surface area contributed by atoms with Gasteiger partial charge >= 0.3 is 0 Å². The zero-order valence-corrected chi connectivity index (χ0v) is 24.0. The van der Waals surface area contributed by atoms with Crippen molar-refractivity contribution in [1.29, 1.82) is 0 Å². The Bertz CT molecular complexity index is 1480. The van der Waals surface area contributed by atoms with Crippen LogP contribution in [0.25, 0.3) is 11.3 Å². The van der Waals surface area contributed by atoms with Gasteiger partial charge in [0, 0.05) is 55.8 Å². The number of benzene rings is 1. The van der Waals surface area contributed by atoms with E-state index in [1.807, 2.05) is 18.3 Å². The molecule has 1 aliphatic heterocycles. The second-order valence-electron chi connectivity index (χ2n) is 10.7. The lowest BCUT2D eigenvalue weighted by Gasteiger charge is -2.36. The second-order valence-corrected chi connectivity index (χ2v) is 12.7. The fraction of sp³-hybridized carbons (Fsp3) is 0.414. The number of morpholine rings is 1. The van der Waals surface area contributed by atoms with Crippen molar-refractivity contribution in [3.63, 3.8) is 0 Å². The molecule has 40 heavy (non-hydrogen) atoms. The van der Waals surface area contributed by atoms with Gasteiger partial charge in [-0.05, 0) is 56.9 Å². The Kier molecular flexibility index (Phi) is 7.95. The van der Waals surface area contributed by atoms with E-state index >= 15 is 0 Å². The highest BCUT2D eigenvalue weighted by molar-refractivity contribution is 7.90. The van der Waals surface area contributed by atoms with Crippen LogP contribution in [0.4, 0.5) is 22.9 Å². The van der Waals surface area contributed by atoms with Gasteiger partial charge in [-0.1, -0.05) is 0 Å². The first-order valence-electron chi connectivity index (χ1n) is 13.4. The molecule has 1 aliphatic carbocycles. The third-order valence-corrected chi connectivity index (χ3v) is 7.88. The molecule has 10 nitrogen and oxygen atoms in total. The van der Waals surface area contributed by atoms with E-state index in [1.54, 1.807) is 30.5 Å². The van der Waals surface area contributed by atoms with Crippen LogP contribution in [0.2, 0.25) is 0 Å². The summed E-state index contributed by atoms with van der Waals surface area (Å²) >= 11 is 0. The number of anilines is 4. The van der Waals surface area contributed by atoms with Gasteiger partial charge in [0.2, 0.25) is 5.91 Å². The van der Waals surface area contributed by atoms with E-state index in [4.69, 9.17) is 14.5 Å². The molecule has 0 radical (unpaired) electrons. The molecule has 5 rings (SSSR count). The van der Waals surface area contributed by atoms with Gasteiger partial charge in [0.05, 0.1) is 47.0 Å². The van der Waals surface area contributed by atoms with Crippen LogP contribution >= 0.6 is 0 Å². The predicted octanol–water partition coefficient (Wildman–Crippen LogP) is 4.65. The Morgan fingerprint density at radius 1 is 1.07 bits per heavy atom. The van der Waals surface area contributed by atoms with Gasteiger partial charge in [-0.3, -0.25) is 9.78 Å². The maximum absolute atomic E-state index is 12.4. The minimum absolute atomic E-state index is 0.130. The smallest absolute Gasteiger partial charge is 0.222 e. The number of nitrogens with one attached hydrogen (secondary N) is 2. The van der Waals surface area contributed by atoms with E-state index in [0.29, 0.717) is 46.7 Å². The molecule has 3 heterocycles. The van der Waals surface area contributed by atoms with Gasteiger partial charge in [-0.15, -0.1) is 0 Å². The molecule has 2 fully saturated rings. The summed E-state index contributed by atoms with van der Waals surface area (Å²) < 4.78 is 36.7. The molecule has 1 saturated carbocycles. The summed E-state index contributed by atoms with van der Waals surface area (Å²) in [7, 11) is -3.49. The molecule has 11 heteroatoms. The number of carbonyl (C=O) groups is 1. The zero-order chi connectivity index (χ0) is 28.4. The van der Waals surface area contributed by atoms with E-state index < -0.39 is 9.84 Å². The van der Waals surface area contributed by atoms with Crippen LogP contribution in [0.5, 0.6) is 5.75 Å². The average Bonchev–Trinajstić information content (AvgIpc) is 3.71. The van der Waals surface area contributed by atoms with Gasteiger partial charge in [-0.2, -0.15) is 0 Å². The third kappa shape index (κ3) is 7.08. The Balaban J connectivity index is 1.48. The van der Waals surface area contributed by atoms with Crippen molar-refractivity contribution >= 4 is 38.6 Å². The standard InChI is InChI=1S/C29H35N5O5S/c1-18-15-34(16-19(2)39-18)23-7-8-27(30-13-23)26-14-31-29(32-20(3)35)12-28(26)33-22-9-24(38-17-21-5-6-21)11-25(10-22)40(4,36)37/h7-14,18-19,21H,5-6,15-17H2,1-4H3,(H2,31,32,33,35)/t18-,19+. The van der Waals surface area contributed by atoms with E-state index in [1.165, 1.54) is 13.2 Å². The molecular formula is C29H35N5O5S. The zero-order valence-electron chi connectivity index (χ0n) is 23.2. The molecule has 212 valence electrons. The molecule has 1 saturated heterocycles. The molecule has 0 spiro atoms. The van der Waals surface area contributed by atoms with Crippen molar-refractivity contribution in [1.82, 2.24) is 9.97 Å². The number of hydrogen-bond donors (Lipinski definition) is 2. The van der Waals surface area contributed by atoms with Crippen molar-refractivity contribution in [2.24, 2.45) is 5.92 Å². The third-order valence-electron chi connectivity index (χ3n) is 6.79. The van der Waals surface area contributed by atoms with Gasteiger partial charge in [0.1, 0.15) is 11.6 Å². The monoisotopic (exact) mass is 565 g/mol. The number of hydrogen-bond acceptors (Lipinski definition) is 9. The molecule has 0 bridgehead atoms. The number of carbonyl (C=O) groups excluding carboxylic acids is 1. The molecule has 2 aliphatic rings. The van der Waals surface area contributed by atoms with Gasteiger partial charge in [0.15, 0.2) is 9.84 Å². The molecule has 1 aromatic carbocycles. The van der Waals surface area contributed by atoms with Crippen molar-refractivity contribution in [3.8, 4) is 17.0 Å². The number of amides is 1. The summed E-state index contributed by atoms with van der Waals surface area (Å²) in [6.07, 6.45) is 7.15. The van der Waals surface area contributed by atoms with E-state index in [9.17, 15) is 13.2 Å². The normalized spacial score (nSPS) is 19.2. The first-order chi connectivity index (χ1) is 19.0. The number of pyridine rings is 2. The summed E-state index contributed by atoms with van der Waals surface area (Å²) in [6, 6.07) is 10.5. The van der Waals surface area contributed by atoms with E-state index in [0.717, 1.165) is 31.6 Å². The maximum Gasteiger partial charge on any atom is 0.222 e. The number of sulfone groups is 1. The minimum atomic E-state index is -3.49. The van der Waals surface area contributed by atoms with Crippen molar-refractivity contribution in [3.05, 3.63) is 48.8 Å². The highest BCUT2D eigenvalue weighted by Gasteiger charge is 2.24. The van der Waals surface area contributed by atoms with Crippen LogP contribution in [0.15, 0.2) is 53.7 Å². The fourth-order valence-electron chi connectivity index (χ4n) is 4.73. The Labute approximate surface area is 235 Å². The Morgan fingerprint density at radius 2 is 1.82 bits per heavy atom. The van der Waals surface area contributed by atoms with Crippen LogP contribution in [0.1, 0.15) is 33.6 Å². The highest BCUT2D eigenvalue weighted by atomic mass is 32.2.